The molecule has 0 aliphatic heterocycles. The van der Waals surface area contributed by atoms with Gasteiger partial charge in [-0.1, -0.05) is 19.1 Å². The van der Waals surface area contributed by atoms with Crippen molar-refractivity contribution >= 4 is 12.1 Å². The first-order valence-corrected chi connectivity index (χ1v) is 7.58. The van der Waals surface area contributed by atoms with Crippen molar-refractivity contribution in [2.24, 2.45) is 5.10 Å². The number of amides is 1. The second kappa shape index (κ2) is 8.57. The molecule has 0 saturated carbocycles. The van der Waals surface area contributed by atoms with Crippen molar-refractivity contribution in [1.29, 1.82) is 0 Å². The Kier molecular flexibility index (Phi) is 6.19. The Hall–Kier alpha value is -3.02. The van der Waals surface area contributed by atoms with Crippen LogP contribution in [0.4, 0.5) is 0 Å². The predicted octanol–water partition coefficient (Wildman–Crippen LogP) is 2.95. The molecule has 2 N–H and O–H groups in total. The van der Waals surface area contributed by atoms with E-state index in [1.54, 1.807) is 30.3 Å². The lowest BCUT2D eigenvalue weighted by Gasteiger charge is -2.09. The third-order valence-electron chi connectivity index (χ3n) is 3.18. The molecule has 0 spiro atoms. The molecule has 0 aliphatic carbocycles. The summed E-state index contributed by atoms with van der Waals surface area (Å²) in [6.07, 6.45) is 2.33. The number of phenols is 1. The van der Waals surface area contributed by atoms with E-state index in [1.807, 2.05) is 13.0 Å². The number of phenolic OH excluding ortho intramolecular Hbond substituents is 1. The lowest BCUT2D eigenvalue weighted by atomic mass is 10.2. The SMILES string of the molecule is CCCOc1ccccc1C(=O)N/N=C/c1ccc(O)c(OC)c1. The highest BCUT2D eigenvalue weighted by Crippen LogP contribution is 2.25. The minimum absolute atomic E-state index is 0.0423. The van der Waals surface area contributed by atoms with Crippen LogP contribution in [0.3, 0.4) is 0 Å². The van der Waals surface area contributed by atoms with Crippen LogP contribution in [0.25, 0.3) is 0 Å². The number of nitrogens with zero attached hydrogens (tertiary/aromatic N) is 1. The molecule has 2 rings (SSSR count). The van der Waals surface area contributed by atoms with E-state index >= 15 is 0 Å². The Bertz CT molecular complexity index is 729. The zero-order valence-corrected chi connectivity index (χ0v) is 13.7. The molecule has 0 bridgehead atoms. The Morgan fingerprint density at radius 3 is 2.79 bits per heavy atom. The van der Waals surface area contributed by atoms with Gasteiger partial charge in [0.2, 0.25) is 0 Å². The van der Waals surface area contributed by atoms with Gasteiger partial charge >= 0.3 is 0 Å². The highest BCUT2D eigenvalue weighted by Gasteiger charge is 2.11. The van der Waals surface area contributed by atoms with E-state index in [9.17, 15) is 9.90 Å². The van der Waals surface area contributed by atoms with Gasteiger partial charge in [-0.2, -0.15) is 5.10 Å². The zero-order chi connectivity index (χ0) is 17.4. The summed E-state index contributed by atoms with van der Waals surface area (Å²) in [5.74, 6) is 0.548. The van der Waals surface area contributed by atoms with Crippen LogP contribution in [0.2, 0.25) is 0 Å². The maximum absolute atomic E-state index is 12.2. The van der Waals surface area contributed by atoms with Crippen LogP contribution in [0.1, 0.15) is 29.3 Å². The molecule has 0 unspecified atom stereocenters. The van der Waals surface area contributed by atoms with Crippen molar-refractivity contribution < 1.29 is 19.4 Å². The van der Waals surface area contributed by atoms with E-state index in [0.29, 0.717) is 29.2 Å². The van der Waals surface area contributed by atoms with E-state index in [0.717, 1.165) is 6.42 Å². The molecular weight excluding hydrogens is 308 g/mol. The number of benzene rings is 2. The van der Waals surface area contributed by atoms with Crippen LogP contribution >= 0.6 is 0 Å². The molecule has 0 atom stereocenters. The molecule has 0 aromatic heterocycles. The number of hydrogen-bond acceptors (Lipinski definition) is 5. The van der Waals surface area contributed by atoms with Crippen molar-refractivity contribution in [3.05, 3.63) is 53.6 Å². The highest BCUT2D eigenvalue weighted by molar-refractivity contribution is 5.97. The fourth-order valence-corrected chi connectivity index (χ4v) is 1.99. The molecule has 0 saturated heterocycles. The first-order chi connectivity index (χ1) is 11.7. The average molecular weight is 328 g/mol. The number of methoxy groups -OCH3 is 1. The Morgan fingerprint density at radius 2 is 2.04 bits per heavy atom. The summed E-state index contributed by atoms with van der Waals surface area (Å²) in [6.45, 7) is 2.54. The molecule has 6 heteroatoms. The van der Waals surface area contributed by atoms with Crippen LogP contribution in [-0.4, -0.2) is 30.9 Å². The van der Waals surface area contributed by atoms with Gasteiger partial charge in [0.1, 0.15) is 5.75 Å². The van der Waals surface area contributed by atoms with E-state index in [4.69, 9.17) is 9.47 Å². The number of para-hydroxylation sites is 1. The number of ether oxygens (including phenoxy) is 2. The Morgan fingerprint density at radius 1 is 1.25 bits per heavy atom. The fraction of sp³-hybridized carbons (Fsp3) is 0.222. The van der Waals surface area contributed by atoms with Gasteiger partial charge in [0.15, 0.2) is 11.5 Å². The molecule has 0 fully saturated rings. The number of nitrogens with one attached hydrogen (secondary N) is 1. The number of rotatable bonds is 7. The summed E-state index contributed by atoms with van der Waals surface area (Å²) >= 11 is 0. The van der Waals surface area contributed by atoms with Gasteiger partial charge in [-0.15, -0.1) is 0 Å². The van der Waals surface area contributed by atoms with Gasteiger partial charge in [-0.05, 0) is 42.3 Å². The lowest BCUT2D eigenvalue weighted by Crippen LogP contribution is -2.18. The molecule has 1 amide bonds. The molecule has 2 aromatic carbocycles. The molecule has 6 nitrogen and oxygen atoms in total. The van der Waals surface area contributed by atoms with Crippen molar-refractivity contribution in [3.8, 4) is 17.2 Å². The molecule has 24 heavy (non-hydrogen) atoms. The summed E-state index contributed by atoms with van der Waals surface area (Å²) in [7, 11) is 1.46. The molecule has 0 heterocycles. The molecule has 0 aliphatic rings. The van der Waals surface area contributed by atoms with Gasteiger partial charge in [-0.3, -0.25) is 4.79 Å². The van der Waals surface area contributed by atoms with E-state index < -0.39 is 0 Å². The number of hydrogen-bond donors (Lipinski definition) is 2. The van der Waals surface area contributed by atoms with Crippen LogP contribution < -0.4 is 14.9 Å². The summed E-state index contributed by atoms with van der Waals surface area (Å²) in [5, 5.41) is 13.5. The largest absolute Gasteiger partial charge is 0.504 e. The quantitative estimate of drug-likeness (QED) is 0.605. The van der Waals surface area contributed by atoms with Gasteiger partial charge in [0.05, 0.1) is 25.5 Å². The van der Waals surface area contributed by atoms with Crippen molar-refractivity contribution in [3.63, 3.8) is 0 Å². The minimum atomic E-state index is -0.358. The molecular formula is C18H20N2O4. The molecule has 0 radical (unpaired) electrons. The standard InChI is InChI=1S/C18H20N2O4/c1-3-10-24-16-7-5-4-6-14(16)18(22)20-19-12-13-8-9-15(21)17(11-13)23-2/h4-9,11-12,21H,3,10H2,1-2H3,(H,20,22)/b19-12+. The summed E-state index contributed by atoms with van der Waals surface area (Å²) in [6, 6.07) is 11.8. The highest BCUT2D eigenvalue weighted by atomic mass is 16.5. The third-order valence-corrected chi connectivity index (χ3v) is 3.18. The van der Waals surface area contributed by atoms with E-state index in [2.05, 4.69) is 10.5 Å². The first-order valence-electron chi connectivity index (χ1n) is 7.58. The van der Waals surface area contributed by atoms with Crippen molar-refractivity contribution in [2.45, 2.75) is 13.3 Å². The Balaban J connectivity index is 2.05. The smallest absolute Gasteiger partial charge is 0.275 e. The van der Waals surface area contributed by atoms with Gasteiger partial charge in [0.25, 0.3) is 5.91 Å². The van der Waals surface area contributed by atoms with Crippen LogP contribution in [0.5, 0.6) is 17.2 Å². The Labute approximate surface area is 140 Å². The monoisotopic (exact) mass is 328 g/mol. The van der Waals surface area contributed by atoms with E-state index in [1.165, 1.54) is 19.4 Å². The number of aromatic hydroxyl groups is 1. The summed E-state index contributed by atoms with van der Waals surface area (Å²) in [5.41, 5.74) is 3.57. The van der Waals surface area contributed by atoms with Crippen LogP contribution in [-0.2, 0) is 0 Å². The molecule has 126 valence electrons. The maximum atomic E-state index is 12.2. The summed E-state index contributed by atoms with van der Waals surface area (Å²) < 4.78 is 10.6. The topological polar surface area (TPSA) is 80.2 Å². The molecule has 2 aromatic rings. The third kappa shape index (κ3) is 4.49. The van der Waals surface area contributed by atoms with Crippen LogP contribution in [0.15, 0.2) is 47.6 Å². The minimum Gasteiger partial charge on any atom is -0.504 e. The average Bonchev–Trinajstić information content (AvgIpc) is 2.61. The first kappa shape index (κ1) is 17.3. The second-order valence-corrected chi connectivity index (χ2v) is 4.98. The number of carbonyl (C=O) groups is 1. The second-order valence-electron chi connectivity index (χ2n) is 4.98. The van der Waals surface area contributed by atoms with E-state index in [-0.39, 0.29) is 11.7 Å². The van der Waals surface area contributed by atoms with Gasteiger partial charge < -0.3 is 14.6 Å². The zero-order valence-electron chi connectivity index (χ0n) is 13.7. The van der Waals surface area contributed by atoms with Crippen LogP contribution in [0, 0.1) is 0 Å². The van der Waals surface area contributed by atoms with Gasteiger partial charge in [-0.25, -0.2) is 5.43 Å². The van der Waals surface area contributed by atoms with Crippen molar-refractivity contribution in [2.75, 3.05) is 13.7 Å². The predicted molar refractivity (Wildman–Crippen MR) is 91.9 cm³/mol. The summed E-state index contributed by atoms with van der Waals surface area (Å²) in [4.78, 5) is 12.2. The van der Waals surface area contributed by atoms with Gasteiger partial charge in [0, 0.05) is 0 Å². The number of hydrazone groups is 1. The fourth-order valence-electron chi connectivity index (χ4n) is 1.99. The van der Waals surface area contributed by atoms with Crippen molar-refractivity contribution in [1.82, 2.24) is 5.43 Å². The normalized spacial score (nSPS) is 10.6. The number of carbonyl (C=O) groups excluding carboxylic acids is 1. The maximum Gasteiger partial charge on any atom is 0.275 e. The lowest BCUT2D eigenvalue weighted by molar-refractivity contribution is 0.0951.